The lowest BCUT2D eigenvalue weighted by molar-refractivity contribution is -0.00321. The highest BCUT2D eigenvalue weighted by Crippen LogP contribution is 2.24. The zero-order valence-electron chi connectivity index (χ0n) is 7.65. The van der Waals surface area contributed by atoms with E-state index in [9.17, 15) is 5.11 Å². The van der Waals surface area contributed by atoms with E-state index in [2.05, 4.69) is 4.90 Å². The predicted molar refractivity (Wildman–Crippen MR) is 54.4 cm³/mol. The Bertz CT molecular complexity index is 337. The van der Waals surface area contributed by atoms with Crippen LogP contribution in [0.4, 0.5) is 0 Å². The summed E-state index contributed by atoms with van der Waals surface area (Å²) in [6.45, 7) is 1.99. The minimum atomic E-state index is -0.212. The molecule has 0 unspecified atom stereocenters. The molecule has 0 spiro atoms. The Kier molecular flexibility index (Phi) is 2.63. The van der Waals surface area contributed by atoms with Crippen LogP contribution in [0, 0.1) is 0 Å². The molecule has 1 fully saturated rings. The number of rotatable bonds is 2. The van der Waals surface area contributed by atoms with Crippen molar-refractivity contribution in [2.75, 3.05) is 13.1 Å². The van der Waals surface area contributed by atoms with Crippen LogP contribution < -0.4 is 0 Å². The Hall–Kier alpha value is -0.770. The fourth-order valence-electron chi connectivity index (χ4n) is 1.59. The molecule has 1 aromatic carbocycles. The van der Waals surface area contributed by atoms with Gasteiger partial charge in [-0.05, 0) is 18.2 Å². The van der Waals surface area contributed by atoms with Crippen molar-refractivity contribution in [1.82, 2.24) is 4.90 Å². The van der Waals surface area contributed by atoms with Gasteiger partial charge < -0.3 is 10.2 Å². The van der Waals surface area contributed by atoms with Gasteiger partial charge in [0.05, 0.1) is 6.10 Å². The number of hydrogen-bond donors (Lipinski definition) is 2. The average Bonchev–Trinajstić information content (AvgIpc) is 2.09. The van der Waals surface area contributed by atoms with Crippen molar-refractivity contribution >= 4 is 11.6 Å². The van der Waals surface area contributed by atoms with Crippen LogP contribution in [0.15, 0.2) is 18.2 Å². The molecule has 2 rings (SSSR count). The van der Waals surface area contributed by atoms with E-state index in [1.807, 2.05) is 0 Å². The number of phenols is 1. The van der Waals surface area contributed by atoms with Crippen LogP contribution in [0.5, 0.6) is 5.75 Å². The molecular formula is C10H12ClNO2. The van der Waals surface area contributed by atoms with Gasteiger partial charge in [-0.25, -0.2) is 0 Å². The molecule has 0 saturated carbocycles. The number of likely N-dealkylation sites (tertiary alicyclic amines) is 1. The number of benzene rings is 1. The first-order chi connectivity index (χ1) is 6.65. The van der Waals surface area contributed by atoms with Crippen molar-refractivity contribution in [1.29, 1.82) is 0 Å². The third-order valence-electron chi connectivity index (χ3n) is 2.37. The van der Waals surface area contributed by atoms with Crippen molar-refractivity contribution in [2.45, 2.75) is 12.6 Å². The molecule has 0 radical (unpaired) electrons. The zero-order chi connectivity index (χ0) is 10.1. The molecular weight excluding hydrogens is 202 g/mol. The summed E-state index contributed by atoms with van der Waals surface area (Å²) in [7, 11) is 0. The highest BCUT2D eigenvalue weighted by molar-refractivity contribution is 6.30. The van der Waals surface area contributed by atoms with Gasteiger partial charge >= 0.3 is 0 Å². The van der Waals surface area contributed by atoms with E-state index in [1.165, 1.54) is 0 Å². The first kappa shape index (κ1) is 9.77. The molecule has 1 aliphatic rings. The van der Waals surface area contributed by atoms with Crippen molar-refractivity contribution in [3.05, 3.63) is 28.8 Å². The van der Waals surface area contributed by atoms with E-state index in [4.69, 9.17) is 16.7 Å². The average molecular weight is 214 g/mol. The van der Waals surface area contributed by atoms with E-state index in [1.54, 1.807) is 18.2 Å². The summed E-state index contributed by atoms with van der Waals surface area (Å²) in [6, 6.07) is 5.00. The molecule has 0 amide bonds. The Labute approximate surface area is 87.5 Å². The van der Waals surface area contributed by atoms with E-state index in [-0.39, 0.29) is 11.9 Å². The number of β-amino-alcohol motifs (C(OH)–C–C–N with tert-alkyl or cyclic N) is 1. The van der Waals surface area contributed by atoms with Gasteiger partial charge in [0.15, 0.2) is 0 Å². The molecule has 2 N–H and O–H groups in total. The van der Waals surface area contributed by atoms with Gasteiger partial charge in [0.25, 0.3) is 0 Å². The largest absolute Gasteiger partial charge is 0.508 e. The number of hydrogen-bond acceptors (Lipinski definition) is 3. The third kappa shape index (κ3) is 2.00. The zero-order valence-corrected chi connectivity index (χ0v) is 8.41. The fraction of sp³-hybridized carbons (Fsp3) is 0.400. The van der Waals surface area contributed by atoms with Crippen LogP contribution in [0.2, 0.25) is 5.02 Å². The molecule has 14 heavy (non-hydrogen) atoms. The number of aliphatic hydroxyl groups is 1. The fourth-order valence-corrected chi connectivity index (χ4v) is 1.79. The minimum Gasteiger partial charge on any atom is -0.508 e. The van der Waals surface area contributed by atoms with Crippen molar-refractivity contribution < 1.29 is 10.2 Å². The SMILES string of the molecule is Oc1ccc(Cl)cc1CN1CC(O)C1. The molecule has 1 saturated heterocycles. The van der Waals surface area contributed by atoms with Crippen LogP contribution in [-0.4, -0.2) is 34.3 Å². The maximum atomic E-state index is 9.52. The van der Waals surface area contributed by atoms with Crippen molar-refractivity contribution in [2.24, 2.45) is 0 Å². The number of halogens is 1. The van der Waals surface area contributed by atoms with E-state index >= 15 is 0 Å². The number of phenolic OH excluding ortho intramolecular Hbond substituents is 1. The predicted octanol–water partition coefficient (Wildman–Crippen LogP) is 1.22. The summed E-state index contributed by atoms with van der Waals surface area (Å²) >= 11 is 5.81. The number of aliphatic hydroxyl groups excluding tert-OH is 1. The summed E-state index contributed by atoms with van der Waals surface area (Å²) in [5.74, 6) is 0.260. The van der Waals surface area contributed by atoms with Gasteiger partial charge in [0.1, 0.15) is 5.75 Å². The normalized spacial score (nSPS) is 18.1. The first-order valence-electron chi connectivity index (χ1n) is 4.53. The lowest BCUT2D eigenvalue weighted by Crippen LogP contribution is -2.49. The van der Waals surface area contributed by atoms with Crippen LogP contribution in [0.3, 0.4) is 0 Å². The quantitative estimate of drug-likeness (QED) is 0.777. The van der Waals surface area contributed by atoms with Crippen LogP contribution in [0.1, 0.15) is 5.56 Å². The maximum absolute atomic E-state index is 9.52. The van der Waals surface area contributed by atoms with Gasteiger partial charge in [0.2, 0.25) is 0 Å². The monoisotopic (exact) mass is 213 g/mol. The first-order valence-corrected chi connectivity index (χ1v) is 4.91. The molecule has 1 aliphatic heterocycles. The minimum absolute atomic E-state index is 0.212. The van der Waals surface area contributed by atoms with Crippen LogP contribution in [0.25, 0.3) is 0 Å². The van der Waals surface area contributed by atoms with E-state index in [0.717, 1.165) is 5.56 Å². The van der Waals surface area contributed by atoms with E-state index < -0.39 is 0 Å². The summed E-state index contributed by atoms with van der Waals surface area (Å²) in [4.78, 5) is 2.05. The molecule has 4 heteroatoms. The standard InChI is InChI=1S/C10H12ClNO2/c11-8-1-2-10(14)7(3-8)4-12-5-9(13)6-12/h1-3,9,13-14H,4-6H2. The molecule has 76 valence electrons. The van der Waals surface area contributed by atoms with Gasteiger partial charge in [-0.15, -0.1) is 0 Å². The Morgan fingerprint density at radius 1 is 1.43 bits per heavy atom. The van der Waals surface area contributed by atoms with Crippen molar-refractivity contribution in [3.8, 4) is 5.75 Å². The van der Waals surface area contributed by atoms with Gasteiger partial charge in [-0.2, -0.15) is 0 Å². The van der Waals surface area contributed by atoms with Crippen LogP contribution in [-0.2, 0) is 6.54 Å². The molecule has 0 aliphatic carbocycles. The Morgan fingerprint density at radius 2 is 2.14 bits per heavy atom. The number of aromatic hydroxyl groups is 1. The van der Waals surface area contributed by atoms with Gasteiger partial charge in [0, 0.05) is 30.2 Å². The Morgan fingerprint density at radius 3 is 2.79 bits per heavy atom. The second-order valence-electron chi connectivity index (χ2n) is 3.62. The topological polar surface area (TPSA) is 43.7 Å². The van der Waals surface area contributed by atoms with Gasteiger partial charge in [-0.1, -0.05) is 11.6 Å². The van der Waals surface area contributed by atoms with E-state index in [0.29, 0.717) is 24.7 Å². The summed E-state index contributed by atoms with van der Waals surface area (Å²) in [6.07, 6.45) is -0.212. The molecule has 3 nitrogen and oxygen atoms in total. The molecule has 0 atom stereocenters. The van der Waals surface area contributed by atoms with Gasteiger partial charge in [-0.3, -0.25) is 4.90 Å². The summed E-state index contributed by atoms with van der Waals surface area (Å²) in [5.41, 5.74) is 0.810. The number of nitrogens with zero attached hydrogens (tertiary/aromatic N) is 1. The Balaban J connectivity index is 2.05. The summed E-state index contributed by atoms with van der Waals surface area (Å²) < 4.78 is 0. The molecule has 0 bridgehead atoms. The van der Waals surface area contributed by atoms with Crippen molar-refractivity contribution in [3.63, 3.8) is 0 Å². The maximum Gasteiger partial charge on any atom is 0.120 e. The second kappa shape index (κ2) is 3.77. The highest BCUT2D eigenvalue weighted by Gasteiger charge is 2.24. The third-order valence-corrected chi connectivity index (χ3v) is 2.61. The summed E-state index contributed by atoms with van der Waals surface area (Å²) in [5, 5.41) is 19.2. The lowest BCUT2D eigenvalue weighted by Gasteiger charge is -2.35. The molecule has 1 aromatic rings. The van der Waals surface area contributed by atoms with Crippen LogP contribution >= 0.6 is 11.6 Å². The second-order valence-corrected chi connectivity index (χ2v) is 4.06. The molecule has 1 heterocycles. The highest BCUT2D eigenvalue weighted by atomic mass is 35.5. The lowest BCUT2D eigenvalue weighted by atomic mass is 10.1. The molecule has 0 aromatic heterocycles. The smallest absolute Gasteiger partial charge is 0.120 e.